The van der Waals surface area contributed by atoms with Gasteiger partial charge in [0.2, 0.25) is 11.8 Å². The summed E-state index contributed by atoms with van der Waals surface area (Å²) < 4.78 is 0. The maximum absolute atomic E-state index is 12.9. The summed E-state index contributed by atoms with van der Waals surface area (Å²) in [5.41, 5.74) is 3.33. The summed E-state index contributed by atoms with van der Waals surface area (Å²) in [5.74, 6) is 1.12. The van der Waals surface area contributed by atoms with Gasteiger partial charge in [-0.1, -0.05) is 30.3 Å². The SMILES string of the molecule is Cc1nc2c(c(N3CC4C(=O)N(Cc5ccccc5)C(=O)C4C3)n1)CCC2. The van der Waals surface area contributed by atoms with Crippen molar-refractivity contribution in [2.75, 3.05) is 18.0 Å². The minimum Gasteiger partial charge on any atom is -0.355 e. The normalized spacial score (nSPS) is 23.9. The Labute approximate surface area is 158 Å². The molecule has 138 valence electrons. The third-order valence-corrected chi connectivity index (χ3v) is 5.99. The molecule has 0 bridgehead atoms. The third-order valence-electron chi connectivity index (χ3n) is 5.99. The molecule has 0 spiro atoms. The summed E-state index contributed by atoms with van der Waals surface area (Å²) in [5, 5.41) is 0. The maximum atomic E-state index is 12.9. The predicted octanol–water partition coefficient (Wildman–Crippen LogP) is 1.90. The van der Waals surface area contributed by atoms with E-state index in [1.54, 1.807) is 0 Å². The molecule has 6 nitrogen and oxygen atoms in total. The number of benzene rings is 1. The fraction of sp³-hybridized carbons (Fsp3) is 0.429. The molecule has 2 unspecified atom stereocenters. The molecule has 2 saturated heterocycles. The Kier molecular flexibility index (Phi) is 3.74. The minimum absolute atomic E-state index is 0.0428. The Morgan fingerprint density at radius 2 is 1.70 bits per heavy atom. The van der Waals surface area contributed by atoms with Gasteiger partial charge in [0.1, 0.15) is 11.6 Å². The van der Waals surface area contributed by atoms with Crippen LogP contribution in [0, 0.1) is 18.8 Å². The average molecular weight is 362 g/mol. The fourth-order valence-corrected chi connectivity index (χ4v) is 4.70. The number of hydrogen-bond acceptors (Lipinski definition) is 5. The lowest BCUT2D eigenvalue weighted by molar-refractivity contribution is -0.140. The van der Waals surface area contributed by atoms with Crippen LogP contribution in [0.1, 0.15) is 29.1 Å². The van der Waals surface area contributed by atoms with E-state index in [0.717, 1.165) is 42.2 Å². The molecule has 0 N–H and O–H groups in total. The highest BCUT2D eigenvalue weighted by Crippen LogP contribution is 2.38. The number of hydrogen-bond donors (Lipinski definition) is 0. The number of carbonyl (C=O) groups excluding carboxylic acids is 2. The van der Waals surface area contributed by atoms with E-state index in [-0.39, 0.29) is 23.7 Å². The van der Waals surface area contributed by atoms with E-state index in [2.05, 4.69) is 14.9 Å². The van der Waals surface area contributed by atoms with Crippen LogP contribution in [0.15, 0.2) is 30.3 Å². The predicted molar refractivity (Wildman–Crippen MR) is 100.0 cm³/mol. The second-order valence-electron chi connectivity index (χ2n) is 7.74. The molecular weight excluding hydrogens is 340 g/mol. The molecule has 2 aromatic rings. The summed E-state index contributed by atoms with van der Waals surface area (Å²) in [6.45, 7) is 3.43. The van der Waals surface area contributed by atoms with Gasteiger partial charge in [-0.3, -0.25) is 14.5 Å². The van der Waals surface area contributed by atoms with Crippen LogP contribution in [-0.4, -0.2) is 39.8 Å². The monoisotopic (exact) mass is 362 g/mol. The minimum atomic E-state index is -0.256. The Morgan fingerprint density at radius 3 is 2.41 bits per heavy atom. The molecule has 6 heteroatoms. The quantitative estimate of drug-likeness (QED) is 0.780. The van der Waals surface area contributed by atoms with Crippen molar-refractivity contribution >= 4 is 17.6 Å². The second-order valence-corrected chi connectivity index (χ2v) is 7.74. The molecule has 27 heavy (non-hydrogen) atoms. The van der Waals surface area contributed by atoms with Crippen LogP contribution in [0.2, 0.25) is 0 Å². The topological polar surface area (TPSA) is 66.4 Å². The molecule has 2 aliphatic heterocycles. The van der Waals surface area contributed by atoms with Gasteiger partial charge in [-0.05, 0) is 31.7 Å². The number of amides is 2. The zero-order valence-electron chi connectivity index (χ0n) is 15.4. The van der Waals surface area contributed by atoms with E-state index in [1.165, 1.54) is 10.5 Å². The van der Waals surface area contributed by atoms with Crippen LogP contribution in [0.4, 0.5) is 5.82 Å². The summed E-state index contributed by atoms with van der Waals surface area (Å²) in [6.07, 6.45) is 3.08. The van der Waals surface area contributed by atoms with Gasteiger partial charge < -0.3 is 4.90 Å². The van der Waals surface area contributed by atoms with E-state index in [0.29, 0.717) is 19.6 Å². The number of rotatable bonds is 3. The van der Waals surface area contributed by atoms with Crippen LogP contribution < -0.4 is 4.90 Å². The molecule has 1 aromatic heterocycles. The first kappa shape index (κ1) is 16.4. The van der Waals surface area contributed by atoms with Crippen molar-refractivity contribution in [1.29, 1.82) is 0 Å². The molecule has 2 atom stereocenters. The van der Waals surface area contributed by atoms with E-state index in [1.807, 2.05) is 37.3 Å². The van der Waals surface area contributed by atoms with E-state index in [4.69, 9.17) is 0 Å². The van der Waals surface area contributed by atoms with Crippen LogP contribution >= 0.6 is 0 Å². The number of aryl methyl sites for hydroxylation is 2. The second kappa shape index (κ2) is 6.15. The first-order valence-corrected chi connectivity index (χ1v) is 9.62. The zero-order chi connectivity index (χ0) is 18.5. The first-order valence-electron chi connectivity index (χ1n) is 9.62. The molecule has 1 aliphatic carbocycles. The van der Waals surface area contributed by atoms with Crippen LogP contribution in [0.3, 0.4) is 0 Å². The number of carbonyl (C=O) groups is 2. The number of fused-ring (bicyclic) bond motifs is 2. The van der Waals surface area contributed by atoms with Gasteiger partial charge in [-0.25, -0.2) is 9.97 Å². The number of aromatic nitrogens is 2. The number of anilines is 1. The highest BCUT2D eigenvalue weighted by molar-refractivity contribution is 6.06. The Balaban J connectivity index is 1.38. The van der Waals surface area contributed by atoms with Crippen molar-refractivity contribution < 1.29 is 9.59 Å². The van der Waals surface area contributed by atoms with Crippen LogP contribution in [0.5, 0.6) is 0 Å². The molecule has 3 heterocycles. The molecule has 0 saturated carbocycles. The van der Waals surface area contributed by atoms with E-state index >= 15 is 0 Å². The number of nitrogens with zero attached hydrogens (tertiary/aromatic N) is 4. The smallest absolute Gasteiger partial charge is 0.235 e. The largest absolute Gasteiger partial charge is 0.355 e. The summed E-state index contributed by atoms with van der Waals surface area (Å²) in [4.78, 5) is 38.7. The van der Waals surface area contributed by atoms with Crippen molar-refractivity contribution in [3.8, 4) is 0 Å². The molecule has 0 radical (unpaired) electrons. The van der Waals surface area contributed by atoms with Gasteiger partial charge in [0.25, 0.3) is 0 Å². The van der Waals surface area contributed by atoms with Crippen molar-refractivity contribution in [2.24, 2.45) is 11.8 Å². The maximum Gasteiger partial charge on any atom is 0.235 e. The van der Waals surface area contributed by atoms with Crippen molar-refractivity contribution in [3.05, 3.63) is 53.0 Å². The van der Waals surface area contributed by atoms with Gasteiger partial charge in [-0.2, -0.15) is 0 Å². The van der Waals surface area contributed by atoms with Crippen LogP contribution in [-0.2, 0) is 29.0 Å². The molecule has 2 amide bonds. The van der Waals surface area contributed by atoms with Crippen molar-refractivity contribution in [1.82, 2.24) is 14.9 Å². The van der Waals surface area contributed by atoms with Gasteiger partial charge in [0.15, 0.2) is 0 Å². The molecule has 1 aromatic carbocycles. The third kappa shape index (κ3) is 2.62. The Bertz CT molecular complexity index is 903. The zero-order valence-corrected chi connectivity index (χ0v) is 15.4. The standard InChI is InChI=1S/C21H22N4O2/c1-13-22-18-9-5-8-15(18)19(23-13)24-11-16-17(12-24)21(27)25(20(16)26)10-14-6-3-2-4-7-14/h2-4,6-7,16-17H,5,8-12H2,1H3. The van der Waals surface area contributed by atoms with Gasteiger partial charge >= 0.3 is 0 Å². The Hall–Kier alpha value is -2.76. The summed E-state index contributed by atoms with van der Waals surface area (Å²) in [6, 6.07) is 9.70. The molecule has 2 fully saturated rings. The Morgan fingerprint density at radius 1 is 1.00 bits per heavy atom. The highest BCUT2D eigenvalue weighted by Gasteiger charge is 2.52. The molecular formula is C21H22N4O2. The first-order chi connectivity index (χ1) is 13.1. The lowest BCUT2D eigenvalue weighted by Gasteiger charge is -2.23. The highest BCUT2D eigenvalue weighted by atomic mass is 16.2. The van der Waals surface area contributed by atoms with Crippen molar-refractivity contribution in [2.45, 2.75) is 32.7 Å². The summed E-state index contributed by atoms with van der Waals surface area (Å²) in [7, 11) is 0. The van der Waals surface area contributed by atoms with Gasteiger partial charge in [0, 0.05) is 24.3 Å². The fourth-order valence-electron chi connectivity index (χ4n) is 4.70. The van der Waals surface area contributed by atoms with Gasteiger partial charge in [-0.15, -0.1) is 0 Å². The lowest BCUT2D eigenvalue weighted by atomic mass is 10.00. The van der Waals surface area contributed by atoms with E-state index in [9.17, 15) is 9.59 Å². The lowest BCUT2D eigenvalue weighted by Crippen LogP contribution is -2.36. The molecule has 3 aliphatic rings. The molecule has 5 rings (SSSR count). The summed E-state index contributed by atoms with van der Waals surface area (Å²) >= 11 is 0. The number of likely N-dealkylation sites (tertiary alicyclic amines) is 1. The van der Waals surface area contributed by atoms with Gasteiger partial charge in [0.05, 0.1) is 18.4 Å². The number of imide groups is 1. The van der Waals surface area contributed by atoms with E-state index < -0.39 is 0 Å². The average Bonchev–Trinajstić information content (AvgIpc) is 3.36. The van der Waals surface area contributed by atoms with Crippen molar-refractivity contribution in [3.63, 3.8) is 0 Å². The van der Waals surface area contributed by atoms with Crippen LogP contribution in [0.25, 0.3) is 0 Å².